The van der Waals surface area contributed by atoms with E-state index >= 15 is 0 Å². The van der Waals surface area contributed by atoms with E-state index in [1.54, 1.807) is 9.62 Å². The predicted octanol–water partition coefficient (Wildman–Crippen LogP) is 2.61. The molecule has 4 aromatic carbocycles. The number of benzene rings is 4. The second kappa shape index (κ2) is 12.4. The first-order valence-corrected chi connectivity index (χ1v) is 11.9. The Morgan fingerprint density at radius 2 is 0.919 bits per heavy atom. The van der Waals surface area contributed by atoms with Gasteiger partial charge in [0.1, 0.15) is 24.6 Å². The van der Waals surface area contributed by atoms with E-state index in [9.17, 15) is 19.8 Å². The van der Waals surface area contributed by atoms with Gasteiger partial charge in [0.05, 0.1) is 0 Å². The molecular formula is C28H26B2N2O5. The van der Waals surface area contributed by atoms with E-state index in [-0.39, 0.29) is 13.1 Å². The van der Waals surface area contributed by atoms with E-state index < -0.39 is 11.9 Å². The Morgan fingerprint density at radius 3 is 1.30 bits per heavy atom. The fraction of sp³-hybridized carbons (Fsp3) is 0.0714. The zero-order valence-corrected chi connectivity index (χ0v) is 20.2. The molecule has 0 aromatic heterocycles. The number of hydrogen-bond donors (Lipinski definition) is 2. The van der Waals surface area contributed by atoms with Crippen molar-refractivity contribution >= 4 is 49.1 Å². The summed E-state index contributed by atoms with van der Waals surface area (Å²) in [5.74, 6) is -0.643. The van der Waals surface area contributed by atoms with Crippen LogP contribution >= 0.6 is 0 Å². The predicted molar refractivity (Wildman–Crippen MR) is 149 cm³/mol. The third-order valence-electron chi connectivity index (χ3n) is 5.78. The lowest BCUT2D eigenvalue weighted by Crippen LogP contribution is -2.41. The number of nitrogens with zero attached hydrogens (tertiary/aromatic N) is 2. The lowest BCUT2D eigenvalue weighted by Gasteiger charge is -2.25. The lowest BCUT2D eigenvalue weighted by atomic mass is 9.78. The zero-order chi connectivity index (χ0) is 26.0. The smallest absolute Gasteiger partial charge is 0.321 e. The van der Waals surface area contributed by atoms with Gasteiger partial charge in [-0.1, -0.05) is 72.8 Å². The van der Waals surface area contributed by atoms with Crippen LogP contribution in [0.3, 0.4) is 0 Å². The maximum atomic E-state index is 11.6. The minimum absolute atomic E-state index is 0.157. The van der Waals surface area contributed by atoms with Crippen molar-refractivity contribution in [1.82, 2.24) is 0 Å². The molecule has 0 aliphatic carbocycles. The Balaban J connectivity index is 1.60. The molecule has 0 amide bonds. The molecule has 4 aromatic rings. The quantitative estimate of drug-likeness (QED) is 0.294. The van der Waals surface area contributed by atoms with Crippen LogP contribution < -0.4 is 25.3 Å². The first kappa shape index (κ1) is 25.4. The number of carbonyl (C=O) groups is 2. The Hall–Kier alpha value is -4.65. The van der Waals surface area contributed by atoms with Gasteiger partial charge in [-0.15, -0.1) is 0 Å². The molecule has 0 spiro atoms. The highest BCUT2D eigenvalue weighted by Gasteiger charge is 2.19. The van der Waals surface area contributed by atoms with Gasteiger partial charge in [0.2, 0.25) is 0 Å². The van der Waals surface area contributed by atoms with E-state index in [2.05, 4.69) is 0 Å². The zero-order valence-electron chi connectivity index (χ0n) is 20.2. The van der Waals surface area contributed by atoms with Crippen molar-refractivity contribution in [3.63, 3.8) is 0 Å². The van der Waals surface area contributed by atoms with Crippen molar-refractivity contribution < 1.29 is 24.5 Å². The third kappa shape index (κ3) is 7.17. The second-order valence-electron chi connectivity index (χ2n) is 8.49. The Morgan fingerprint density at radius 1 is 0.568 bits per heavy atom. The number of anilines is 2. The van der Waals surface area contributed by atoms with Crippen molar-refractivity contribution in [1.29, 1.82) is 0 Å². The van der Waals surface area contributed by atoms with Crippen LogP contribution in [0, 0.1) is 0 Å². The Kier molecular flexibility index (Phi) is 8.49. The fourth-order valence-corrected chi connectivity index (χ4v) is 4.08. The minimum atomic E-state index is -0.924. The number of para-hydroxylation sites is 4. The molecule has 0 radical (unpaired) electrons. The largest absolute Gasteiger partial charge is 0.480 e. The fourth-order valence-electron chi connectivity index (χ4n) is 4.08. The van der Waals surface area contributed by atoms with Gasteiger partial charge < -0.3 is 24.6 Å². The van der Waals surface area contributed by atoms with Crippen molar-refractivity contribution in [2.24, 2.45) is 0 Å². The molecule has 37 heavy (non-hydrogen) atoms. The Bertz CT molecular complexity index is 1240. The topological polar surface area (TPSA) is 90.3 Å². The summed E-state index contributed by atoms with van der Waals surface area (Å²) in [7, 11) is 0.674. The van der Waals surface area contributed by atoms with Crippen LogP contribution in [-0.4, -0.2) is 50.1 Å². The first-order chi connectivity index (χ1) is 18.0. The van der Waals surface area contributed by atoms with Crippen molar-refractivity contribution in [2.75, 3.05) is 22.7 Å². The van der Waals surface area contributed by atoms with Crippen LogP contribution in [0.4, 0.5) is 11.4 Å². The highest BCUT2D eigenvalue weighted by molar-refractivity contribution is 6.60. The molecule has 7 nitrogen and oxygen atoms in total. The normalized spacial score (nSPS) is 10.3. The van der Waals surface area contributed by atoms with Crippen LogP contribution in [0.1, 0.15) is 0 Å². The number of rotatable bonds is 12. The van der Waals surface area contributed by atoms with Gasteiger partial charge in [0, 0.05) is 11.4 Å². The maximum absolute atomic E-state index is 11.6. The summed E-state index contributed by atoms with van der Waals surface area (Å²) in [5, 5.41) is 19.0. The molecule has 0 aliphatic rings. The molecule has 0 unspecified atom stereocenters. The summed E-state index contributed by atoms with van der Waals surface area (Å²) in [5.41, 5.74) is 3.25. The number of ether oxygens (including phenoxy) is 1. The average molecular weight is 492 g/mol. The average Bonchev–Trinajstić information content (AvgIpc) is 2.90. The standard InChI is InChI=1S/C28H26B2N2O5/c33-27(34)19-31(21-11-3-1-4-12-21)29-23-15-7-9-17-25(23)37-26-18-10-8-16-24(26)30-32(20-28(35)36)22-13-5-2-6-14-22/h1-18,29-30H,19-20H2,(H,33,34)(H,35,36). The van der Waals surface area contributed by atoms with Gasteiger partial charge in [0.25, 0.3) is 14.8 Å². The van der Waals surface area contributed by atoms with Crippen molar-refractivity contribution in [3.8, 4) is 11.5 Å². The third-order valence-corrected chi connectivity index (χ3v) is 5.78. The van der Waals surface area contributed by atoms with Gasteiger partial charge >= 0.3 is 11.9 Å². The summed E-state index contributed by atoms with van der Waals surface area (Å²) in [6.45, 7) is -0.313. The highest BCUT2D eigenvalue weighted by atomic mass is 16.5. The van der Waals surface area contributed by atoms with Gasteiger partial charge in [-0.2, -0.15) is 0 Å². The monoisotopic (exact) mass is 492 g/mol. The molecule has 0 fully saturated rings. The SMILES string of the molecule is O=C(O)CN(Bc1ccccc1Oc1ccccc1BN(CC(=O)O)c1ccccc1)c1ccccc1. The minimum Gasteiger partial charge on any atom is -0.480 e. The maximum Gasteiger partial charge on any atom is 0.321 e. The van der Waals surface area contributed by atoms with Crippen LogP contribution in [0.15, 0.2) is 109 Å². The van der Waals surface area contributed by atoms with Crippen LogP contribution in [0.25, 0.3) is 0 Å². The number of hydrogen-bond acceptors (Lipinski definition) is 5. The van der Waals surface area contributed by atoms with Crippen LogP contribution in [-0.2, 0) is 9.59 Å². The molecular weight excluding hydrogens is 466 g/mol. The summed E-state index contributed by atoms with van der Waals surface area (Å²) < 4.78 is 6.38. The number of carboxylic acid groups (broad SMARTS) is 2. The molecule has 0 saturated heterocycles. The highest BCUT2D eigenvalue weighted by Crippen LogP contribution is 2.20. The van der Waals surface area contributed by atoms with E-state index in [0.717, 1.165) is 22.3 Å². The summed E-state index contributed by atoms with van der Waals surface area (Å²) in [6.07, 6.45) is 0. The Labute approximate surface area is 217 Å². The number of aliphatic carboxylic acids is 2. The molecule has 2 N–H and O–H groups in total. The lowest BCUT2D eigenvalue weighted by molar-refractivity contribution is -0.136. The van der Waals surface area contributed by atoms with Gasteiger partial charge in [-0.3, -0.25) is 9.59 Å². The molecule has 0 aliphatic heterocycles. The molecule has 0 bridgehead atoms. The second-order valence-corrected chi connectivity index (χ2v) is 8.49. The van der Waals surface area contributed by atoms with Crippen LogP contribution in [0.2, 0.25) is 0 Å². The molecule has 4 rings (SSSR count). The van der Waals surface area contributed by atoms with Gasteiger partial charge in [-0.05, 0) is 47.3 Å². The summed E-state index contributed by atoms with van der Waals surface area (Å²) in [6, 6.07) is 33.8. The van der Waals surface area contributed by atoms with Gasteiger partial charge in [0.15, 0.2) is 0 Å². The molecule has 184 valence electrons. The molecule has 0 heterocycles. The summed E-state index contributed by atoms with van der Waals surface area (Å²) >= 11 is 0. The van der Waals surface area contributed by atoms with Crippen molar-refractivity contribution in [2.45, 2.75) is 0 Å². The molecule has 0 atom stereocenters. The van der Waals surface area contributed by atoms with Gasteiger partial charge in [-0.25, -0.2) is 0 Å². The van der Waals surface area contributed by atoms with E-state index in [4.69, 9.17) is 4.74 Å². The van der Waals surface area contributed by atoms with E-state index in [1.807, 2.05) is 109 Å². The molecule has 9 heteroatoms. The van der Waals surface area contributed by atoms with Crippen molar-refractivity contribution in [3.05, 3.63) is 109 Å². The molecule has 0 saturated carbocycles. The van der Waals surface area contributed by atoms with Crippen LogP contribution in [0.5, 0.6) is 11.5 Å². The van der Waals surface area contributed by atoms with E-state index in [1.165, 1.54) is 0 Å². The van der Waals surface area contributed by atoms with E-state index in [0.29, 0.717) is 26.3 Å². The summed E-state index contributed by atoms with van der Waals surface area (Å²) in [4.78, 5) is 26.7. The first-order valence-electron chi connectivity index (χ1n) is 11.9. The number of carboxylic acids is 2.